The second-order valence-corrected chi connectivity index (χ2v) is 7.71. The summed E-state index contributed by atoms with van der Waals surface area (Å²) in [5.74, 6) is -2.30. The third-order valence-electron chi connectivity index (χ3n) is 4.00. The van der Waals surface area contributed by atoms with Gasteiger partial charge < -0.3 is 10.1 Å². The molecule has 0 unspecified atom stereocenters. The minimum Gasteiger partial charge on any atom is -0.442 e. The summed E-state index contributed by atoms with van der Waals surface area (Å²) in [7, 11) is 0. The van der Waals surface area contributed by atoms with E-state index in [4.69, 9.17) is 27.9 Å². The highest BCUT2D eigenvalue weighted by molar-refractivity contribution is 7.11. The van der Waals surface area contributed by atoms with Crippen molar-refractivity contribution < 1.29 is 18.7 Å². The Morgan fingerprint density at radius 1 is 1.10 bits per heavy atom. The van der Waals surface area contributed by atoms with Crippen molar-refractivity contribution in [2.45, 2.75) is 12.5 Å². The standard InChI is InChI=1S/C20H15Cl2FN2O3S/c21-15-16(25-29-18(15)22)20(27)28-17(13-8-4-5-9-14(13)23)19(26)24-11-10-12-6-2-1-3-7-12/h1-9,17H,10-11H2,(H,24,26)/t17-/m0/s1. The van der Waals surface area contributed by atoms with Crippen LogP contribution in [0.25, 0.3) is 0 Å². The van der Waals surface area contributed by atoms with Crippen molar-refractivity contribution in [3.63, 3.8) is 0 Å². The predicted octanol–water partition coefficient (Wildman–Crippen LogP) is 4.85. The van der Waals surface area contributed by atoms with E-state index in [0.717, 1.165) is 17.1 Å². The van der Waals surface area contributed by atoms with Gasteiger partial charge in [0.05, 0.1) is 0 Å². The van der Waals surface area contributed by atoms with Crippen LogP contribution in [0.2, 0.25) is 9.36 Å². The van der Waals surface area contributed by atoms with Crippen LogP contribution in [0, 0.1) is 5.82 Å². The van der Waals surface area contributed by atoms with Gasteiger partial charge in [0.25, 0.3) is 5.91 Å². The topological polar surface area (TPSA) is 68.3 Å². The van der Waals surface area contributed by atoms with Gasteiger partial charge in [0.15, 0.2) is 5.69 Å². The predicted molar refractivity (Wildman–Crippen MR) is 110 cm³/mol. The molecule has 1 heterocycles. The van der Waals surface area contributed by atoms with Crippen LogP contribution < -0.4 is 5.32 Å². The average Bonchev–Trinajstić information content (AvgIpc) is 3.06. The molecule has 2 aromatic carbocycles. The molecule has 0 aliphatic heterocycles. The van der Waals surface area contributed by atoms with Gasteiger partial charge in [-0.1, -0.05) is 71.7 Å². The highest BCUT2D eigenvalue weighted by Crippen LogP contribution is 2.31. The van der Waals surface area contributed by atoms with Crippen LogP contribution in [-0.4, -0.2) is 22.8 Å². The molecule has 1 atom stereocenters. The summed E-state index contributed by atoms with van der Waals surface area (Å²) in [5, 5.41) is 2.60. The van der Waals surface area contributed by atoms with E-state index in [1.807, 2.05) is 30.3 Å². The van der Waals surface area contributed by atoms with Crippen molar-refractivity contribution >= 4 is 46.6 Å². The molecule has 0 aliphatic carbocycles. The zero-order valence-corrected chi connectivity index (χ0v) is 17.2. The van der Waals surface area contributed by atoms with Crippen molar-refractivity contribution in [2.24, 2.45) is 0 Å². The van der Waals surface area contributed by atoms with Crippen molar-refractivity contribution in [1.29, 1.82) is 0 Å². The van der Waals surface area contributed by atoms with Crippen LogP contribution >= 0.6 is 34.7 Å². The molecule has 150 valence electrons. The smallest absolute Gasteiger partial charge is 0.360 e. The molecule has 3 aromatic rings. The number of rotatable bonds is 7. The molecule has 1 aromatic heterocycles. The SMILES string of the molecule is O=C(O[C@H](C(=O)NCCc1ccccc1)c1ccccc1F)c1nsc(Cl)c1Cl. The minimum absolute atomic E-state index is 0.0709. The highest BCUT2D eigenvalue weighted by Gasteiger charge is 2.30. The van der Waals surface area contributed by atoms with Crippen LogP contribution in [0.3, 0.4) is 0 Å². The second kappa shape index (κ2) is 9.82. The first kappa shape index (κ1) is 21.2. The monoisotopic (exact) mass is 452 g/mol. The molecular formula is C20H15Cl2FN2O3S. The Kier molecular flexibility index (Phi) is 7.19. The Bertz CT molecular complexity index is 1010. The number of nitrogens with zero attached hydrogens (tertiary/aromatic N) is 1. The zero-order valence-electron chi connectivity index (χ0n) is 14.9. The molecule has 0 radical (unpaired) electrons. The first-order valence-electron chi connectivity index (χ1n) is 8.55. The van der Waals surface area contributed by atoms with Crippen molar-refractivity contribution in [1.82, 2.24) is 9.69 Å². The quantitative estimate of drug-likeness (QED) is 0.520. The van der Waals surface area contributed by atoms with E-state index in [9.17, 15) is 14.0 Å². The van der Waals surface area contributed by atoms with Crippen LogP contribution in [0.1, 0.15) is 27.7 Å². The summed E-state index contributed by atoms with van der Waals surface area (Å²) in [6.45, 7) is 0.286. The Labute approximate surface area is 180 Å². The lowest BCUT2D eigenvalue weighted by molar-refractivity contribution is -0.130. The molecule has 3 rings (SSSR count). The maximum Gasteiger partial charge on any atom is 0.360 e. The fraction of sp³-hybridized carbons (Fsp3) is 0.150. The number of hydrogen-bond donors (Lipinski definition) is 1. The molecule has 0 fully saturated rings. The molecule has 9 heteroatoms. The van der Waals surface area contributed by atoms with E-state index < -0.39 is 23.8 Å². The normalized spacial score (nSPS) is 11.7. The molecule has 1 N–H and O–H groups in total. The number of esters is 1. The highest BCUT2D eigenvalue weighted by atomic mass is 35.5. The number of aromatic nitrogens is 1. The van der Waals surface area contributed by atoms with E-state index in [1.165, 1.54) is 18.2 Å². The van der Waals surface area contributed by atoms with Gasteiger partial charge in [-0.15, -0.1) is 0 Å². The fourth-order valence-electron chi connectivity index (χ4n) is 2.56. The van der Waals surface area contributed by atoms with Crippen LogP contribution in [0.4, 0.5) is 4.39 Å². The van der Waals surface area contributed by atoms with Gasteiger partial charge in [0.1, 0.15) is 15.2 Å². The van der Waals surface area contributed by atoms with Crippen LogP contribution in [0.5, 0.6) is 0 Å². The second-order valence-electron chi connectivity index (χ2n) is 5.95. The average molecular weight is 453 g/mol. The van der Waals surface area contributed by atoms with Crippen molar-refractivity contribution in [2.75, 3.05) is 6.54 Å². The minimum atomic E-state index is -1.50. The first-order chi connectivity index (χ1) is 14.0. The van der Waals surface area contributed by atoms with Gasteiger partial charge in [-0.25, -0.2) is 9.18 Å². The number of nitrogens with one attached hydrogen (secondary N) is 1. The van der Waals surface area contributed by atoms with Gasteiger partial charge in [0, 0.05) is 12.1 Å². The summed E-state index contributed by atoms with van der Waals surface area (Å²) in [5.41, 5.74) is 0.728. The first-order valence-corrected chi connectivity index (χ1v) is 10.1. The van der Waals surface area contributed by atoms with Gasteiger partial charge in [-0.05, 0) is 29.6 Å². The number of halogens is 3. The number of ether oxygens (including phenoxy) is 1. The summed E-state index contributed by atoms with van der Waals surface area (Å²) in [4.78, 5) is 25.2. The van der Waals surface area contributed by atoms with Gasteiger partial charge in [0.2, 0.25) is 6.10 Å². The Morgan fingerprint density at radius 3 is 2.45 bits per heavy atom. The van der Waals surface area contributed by atoms with Gasteiger partial charge in [-0.3, -0.25) is 4.79 Å². The lowest BCUT2D eigenvalue weighted by Gasteiger charge is -2.18. The molecule has 0 spiro atoms. The van der Waals surface area contributed by atoms with E-state index in [-0.39, 0.29) is 27.2 Å². The van der Waals surface area contributed by atoms with Gasteiger partial charge in [-0.2, -0.15) is 4.37 Å². The summed E-state index contributed by atoms with van der Waals surface area (Å²) in [6, 6.07) is 15.1. The van der Waals surface area contributed by atoms with E-state index in [0.29, 0.717) is 6.42 Å². The Balaban J connectivity index is 1.76. The van der Waals surface area contributed by atoms with Gasteiger partial charge >= 0.3 is 5.97 Å². The van der Waals surface area contributed by atoms with E-state index in [2.05, 4.69) is 9.69 Å². The Hall–Kier alpha value is -2.48. The molecule has 0 saturated carbocycles. The molecule has 0 aliphatic rings. The lowest BCUT2D eigenvalue weighted by Crippen LogP contribution is -2.34. The largest absolute Gasteiger partial charge is 0.442 e. The Morgan fingerprint density at radius 2 is 1.79 bits per heavy atom. The van der Waals surface area contributed by atoms with Crippen LogP contribution in [0.15, 0.2) is 54.6 Å². The van der Waals surface area contributed by atoms with Crippen LogP contribution in [-0.2, 0) is 16.0 Å². The van der Waals surface area contributed by atoms with Crippen molar-refractivity contribution in [3.8, 4) is 0 Å². The number of carbonyl (C=O) groups is 2. The number of benzene rings is 2. The summed E-state index contributed by atoms with van der Waals surface area (Å²) >= 11 is 12.6. The fourth-order valence-corrected chi connectivity index (χ4v) is 3.54. The maximum absolute atomic E-state index is 14.3. The summed E-state index contributed by atoms with van der Waals surface area (Å²) < 4.78 is 23.5. The zero-order chi connectivity index (χ0) is 20.8. The molecular weight excluding hydrogens is 438 g/mol. The molecule has 1 amide bonds. The number of hydrogen-bond acceptors (Lipinski definition) is 5. The molecule has 29 heavy (non-hydrogen) atoms. The molecule has 5 nitrogen and oxygen atoms in total. The van der Waals surface area contributed by atoms with E-state index in [1.54, 1.807) is 6.07 Å². The van der Waals surface area contributed by atoms with E-state index >= 15 is 0 Å². The summed E-state index contributed by atoms with van der Waals surface area (Å²) in [6.07, 6.45) is -0.936. The van der Waals surface area contributed by atoms with Crippen molar-refractivity contribution in [3.05, 3.63) is 86.6 Å². The number of amides is 1. The molecule has 0 saturated heterocycles. The molecule has 0 bridgehead atoms. The maximum atomic E-state index is 14.3. The third-order valence-corrected chi connectivity index (χ3v) is 5.61. The third kappa shape index (κ3) is 5.32. The lowest BCUT2D eigenvalue weighted by atomic mass is 10.1. The number of carbonyl (C=O) groups excluding carboxylic acids is 2.